The zero-order valence-corrected chi connectivity index (χ0v) is 34.2. The van der Waals surface area contributed by atoms with Crippen molar-refractivity contribution in [1.29, 1.82) is 0 Å². The standard InChI is InChI=1S/C45H50F2N10O4/c1-2-35(27-51-18-20-52(21-19-51)36-6-4-3-5-7-36)57-44(58)56(33-50-57)39-11-9-37(10-12-39)53-22-24-54(25-23-53)38-13-15-40(16-14-38)59-28-41-29-60-45(61-41,30-55-32-48-31-49-55)42-17-8-34(46)26-43(42)47/h3-17,26,31-33,35,41H,2,18-25,27-30H2,1H3. The first kappa shape index (κ1) is 40.3. The van der Waals surface area contributed by atoms with Crippen LogP contribution in [0.15, 0.2) is 121 Å². The SMILES string of the molecule is CCC(CN1CCN(c2ccccc2)CC1)n1ncn(-c2ccc(N3CCN(c4ccc(OCC5COC(Cn6cncn6)(c6ccc(F)cc6F)O5)cc4)CC3)cc2)c1=O. The summed E-state index contributed by atoms with van der Waals surface area (Å²) in [4.78, 5) is 27.2. The Labute approximate surface area is 353 Å². The molecule has 3 fully saturated rings. The molecule has 3 atom stereocenters. The Hall–Kier alpha value is -6.10. The lowest BCUT2D eigenvalue weighted by atomic mass is 10.0. The van der Waals surface area contributed by atoms with E-state index in [9.17, 15) is 13.6 Å². The van der Waals surface area contributed by atoms with Crippen molar-refractivity contribution in [1.82, 2.24) is 34.0 Å². The average Bonchev–Trinajstić information content (AvgIpc) is 4.07. The number of rotatable bonds is 14. The molecule has 5 heterocycles. The van der Waals surface area contributed by atoms with Gasteiger partial charge in [0.2, 0.25) is 5.79 Å². The maximum Gasteiger partial charge on any atom is 0.350 e. The van der Waals surface area contributed by atoms with Gasteiger partial charge in [0.05, 0.1) is 18.3 Å². The van der Waals surface area contributed by atoms with E-state index >= 15 is 0 Å². The van der Waals surface area contributed by atoms with Crippen LogP contribution in [0.25, 0.3) is 5.69 Å². The van der Waals surface area contributed by atoms with Gasteiger partial charge in [0, 0.05) is 87.6 Å². The molecule has 61 heavy (non-hydrogen) atoms. The van der Waals surface area contributed by atoms with Crippen molar-refractivity contribution in [3.8, 4) is 11.4 Å². The lowest BCUT2D eigenvalue weighted by Gasteiger charge is -2.37. The number of anilines is 3. The smallest absolute Gasteiger partial charge is 0.350 e. The third-order valence-electron chi connectivity index (χ3n) is 11.9. The number of benzene rings is 4. The molecule has 3 aliphatic heterocycles. The maximum atomic E-state index is 15.0. The number of para-hydroxylation sites is 1. The fraction of sp³-hybridized carbons (Fsp3) is 0.378. The minimum atomic E-state index is -1.52. The molecule has 0 N–H and O–H groups in total. The van der Waals surface area contributed by atoms with Crippen molar-refractivity contribution < 1.29 is 23.0 Å². The van der Waals surface area contributed by atoms with Gasteiger partial charge in [0.25, 0.3) is 0 Å². The number of hydrogen-bond donors (Lipinski definition) is 0. The Bertz CT molecular complexity index is 2400. The van der Waals surface area contributed by atoms with Gasteiger partial charge in [0.1, 0.15) is 55.6 Å². The van der Waals surface area contributed by atoms with E-state index in [4.69, 9.17) is 14.2 Å². The topological polar surface area (TPSA) is 111 Å². The Morgan fingerprint density at radius 1 is 0.770 bits per heavy atom. The van der Waals surface area contributed by atoms with E-state index in [2.05, 4.69) is 78.1 Å². The number of aromatic nitrogens is 6. The van der Waals surface area contributed by atoms with Gasteiger partial charge in [-0.05, 0) is 79.2 Å². The van der Waals surface area contributed by atoms with E-state index in [1.807, 2.05) is 42.5 Å². The summed E-state index contributed by atoms with van der Waals surface area (Å²) in [6, 6.07) is 30.0. The van der Waals surface area contributed by atoms with Gasteiger partial charge in [-0.3, -0.25) is 4.90 Å². The second-order valence-corrected chi connectivity index (χ2v) is 15.7. The van der Waals surface area contributed by atoms with Crippen LogP contribution in [0.3, 0.4) is 0 Å². The summed E-state index contributed by atoms with van der Waals surface area (Å²) < 4.78 is 51.9. The van der Waals surface area contributed by atoms with E-state index in [1.165, 1.54) is 35.2 Å². The fourth-order valence-electron chi connectivity index (χ4n) is 8.52. The van der Waals surface area contributed by atoms with Gasteiger partial charge in [-0.15, -0.1) is 0 Å². The molecule has 3 aliphatic rings. The van der Waals surface area contributed by atoms with E-state index in [-0.39, 0.29) is 37.1 Å². The summed E-state index contributed by atoms with van der Waals surface area (Å²) in [7, 11) is 0. The summed E-state index contributed by atoms with van der Waals surface area (Å²) in [5.41, 5.74) is 4.22. The highest BCUT2D eigenvalue weighted by Crippen LogP contribution is 2.38. The first-order valence-corrected chi connectivity index (χ1v) is 21.0. The molecule has 318 valence electrons. The molecule has 2 aromatic heterocycles. The maximum absolute atomic E-state index is 15.0. The highest BCUT2D eigenvalue weighted by Gasteiger charge is 2.46. The minimum absolute atomic E-state index is 0.000548. The van der Waals surface area contributed by atoms with Gasteiger partial charge in [-0.2, -0.15) is 10.2 Å². The van der Waals surface area contributed by atoms with Crippen LogP contribution >= 0.6 is 0 Å². The first-order valence-electron chi connectivity index (χ1n) is 21.0. The molecule has 3 saturated heterocycles. The van der Waals surface area contributed by atoms with Crippen LogP contribution in [0, 0.1) is 11.6 Å². The molecule has 0 saturated carbocycles. The monoisotopic (exact) mass is 832 g/mol. The second kappa shape index (κ2) is 17.9. The van der Waals surface area contributed by atoms with Crippen molar-refractivity contribution in [3.63, 3.8) is 0 Å². The fourth-order valence-corrected chi connectivity index (χ4v) is 8.52. The first-order chi connectivity index (χ1) is 29.8. The molecular formula is C45H50F2N10O4. The molecule has 16 heteroatoms. The molecular weight excluding hydrogens is 783 g/mol. The van der Waals surface area contributed by atoms with Crippen LogP contribution < -0.4 is 25.1 Å². The minimum Gasteiger partial charge on any atom is -0.491 e. The van der Waals surface area contributed by atoms with Gasteiger partial charge in [-0.1, -0.05) is 25.1 Å². The zero-order chi connectivity index (χ0) is 41.8. The summed E-state index contributed by atoms with van der Waals surface area (Å²) in [5, 5.41) is 8.70. The highest BCUT2D eigenvalue weighted by atomic mass is 19.1. The van der Waals surface area contributed by atoms with Crippen LogP contribution in [-0.4, -0.2) is 112 Å². The van der Waals surface area contributed by atoms with E-state index in [0.29, 0.717) is 5.75 Å². The van der Waals surface area contributed by atoms with Gasteiger partial charge >= 0.3 is 5.69 Å². The molecule has 0 amide bonds. The normalized spacial score (nSPS) is 20.3. The molecule has 0 bridgehead atoms. The van der Waals surface area contributed by atoms with Gasteiger partial charge in [0.15, 0.2) is 0 Å². The summed E-state index contributed by atoms with van der Waals surface area (Å²) in [6.07, 6.45) is 4.81. The Morgan fingerprint density at radius 3 is 2.05 bits per heavy atom. The molecule has 9 rings (SSSR count). The van der Waals surface area contributed by atoms with Gasteiger partial charge in [-0.25, -0.2) is 32.5 Å². The Balaban J connectivity index is 0.753. The Morgan fingerprint density at radius 2 is 1.41 bits per heavy atom. The van der Waals surface area contributed by atoms with Crippen LogP contribution in [0.1, 0.15) is 24.9 Å². The number of ether oxygens (including phenoxy) is 3. The summed E-state index contributed by atoms with van der Waals surface area (Å²) >= 11 is 0. The number of piperazine rings is 2. The van der Waals surface area contributed by atoms with Crippen LogP contribution in [-0.2, 0) is 21.8 Å². The lowest BCUT2D eigenvalue weighted by molar-refractivity contribution is -0.192. The summed E-state index contributed by atoms with van der Waals surface area (Å²) in [6.45, 7) is 10.5. The van der Waals surface area contributed by atoms with Crippen molar-refractivity contribution >= 4 is 17.1 Å². The average molecular weight is 833 g/mol. The molecule has 6 aromatic rings. The number of nitrogens with zero attached hydrogens (tertiary/aromatic N) is 10. The van der Waals surface area contributed by atoms with Crippen molar-refractivity contribution in [2.24, 2.45) is 0 Å². The third kappa shape index (κ3) is 8.88. The van der Waals surface area contributed by atoms with Crippen molar-refractivity contribution in [3.05, 3.63) is 144 Å². The predicted molar refractivity (Wildman–Crippen MR) is 227 cm³/mol. The predicted octanol–water partition coefficient (Wildman–Crippen LogP) is 5.35. The molecule has 4 aromatic carbocycles. The van der Waals surface area contributed by atoms with Gasteiger partial charge < -0.3 is 28.9 Å². The third-order valence-corrected chi connectivity index (χ3v) is 11.9. The largest absolute Gasteiger partial charge is 0.491 e. The van der Waals surface area contributed by atoms with Crippen LogP contribution in [0.4, 0.5) is 25.8 Å². The lowest BCUT2D eigenvalue weighted by Crippen LogP contribution is -2.48. The van der Waals surface area contributed by atoms with E-state index < -0.39 is 23.5 Å². The molecule has 3 unspecified atom stereocenters. The van der Waals surface area contributed by atoms with Crippen molar-refractivity contribution in [2.75, 3.05) is 86.8 Å². The van der Waals surface area contributed by atoms with Crippen molar-refractivity contribution in [2.45, 2.75) is 37.8 Å². The second-order valence-electron chi connectivity index (χ2n) is 15.7. The number of hydrogen-bond acceptors (Lipinski definition) is 11. The molecule has 0 radical (unpaired) electrons. The molecule has 14 nitrogen and oxygen atoms in total. The molecule has 0 spiro atoms. The number of halogens is 2. The summed E-state index contributed by atoms with van der Waals surface area (Å²) in [5.74, 6) is -2.31. The van der Waals surface area contributed by atoms with Crippen LogP contribution in [0.5, 0.6) is 5.75 Å². The quantitative estimate of drug-likeness (QED) is 0.142. The molecule has 0 aliphatic carbocycles. The zero-order valence-electron chi connectivity index (χ0n) is 34.2. The Kier molecular flexibility index (Phi) is 11.8. The van der Waals surface area contributed by atoms with E-state index in [1.54, 1.807) is 15.6 Å². The van der Waals surface area contributed by atoms with E-state index in [0.717, 1.165) is 88.5 Å². The van der Waals surface area contributed by atoms with Crippen LogP contribution in [0.2, 0.25) is 0 Å². The highest BCUT2D eigenvalue weighted by molar-refractivity contribution is 5.55.